The fraction of sp³-hybridized carbons (Fsp3) is 0.143. The normalized spacial score (nSPS) is 10.8. The zero-order valence-corrected chi connectivity index (χ0v) is 11.2. The molecule has 2 N–H and O–H groups in total. The van der Waals surface area contributed by atoms with Gasteiger partial charge in [-0.2, -0.15) is 5.10 Å². The van der Waals surface area contributed by atoms with Crippen molar-refractivity contribution in [3.05, 3.63) is 52.9 Å². The maximum atomic E-state index is 6.33. The number of hydrogen-bond donors (Lipinski definition) is 2. The van der Waals surface area contributed by atoms with Gasteiger partial charge in [0.15, 0.2) is 0 Å². The van der Waals surface area contributed by atoms with E-state index < -0.39 is 0 Å². The van der Waals surface area contributed by atoms with Crippen LogP contribution in [-0.2, 0) is 6.54 Å². The van der Waals surface area contributed by atoms with Crippen LogP contribution < -0.4 is 5.32 Å². The van der Waals surface area contributed by atoms with Gasteiger partial charge in [-0.15, -0.1) is 0 Å². The van der Waals surface area contributed by atoms with E-state index in [4.69, 9.17) is 11.6 Å². The van der Waals surface area contributed by atoms with Crippen molar-refractivity contribution in [3.63, 3.8) is 0 Å². The Morgan fingerprint density at radius 1 is 1.32 bits per heavy atom. The highest BCUT2D eigenvalue weighted by molar-refractivity contribution is 6.35. The van der Waals surface area contributed by atoms with Crippen molar-refractivity contribution in [2.75, 3.05) is 5.32 Å². The molecule has 19 heavy (non-hydrogen) atoms. The number of halogens is 1. The van der Waals surface area contributed by atoms with Gasteiger partial charge in [0, 0.05) is 17.8 Å². The molecule has 0 fully saturated rings. The fourth-order valence-corrected chi connectivity index (χ4v) is 2.46. The Labute approximate surface area is 115 Å². The van der Waals surface area contributed by atoms with Crippen LogP contribution in [0.1, 0.15) is 11.3 Å². The number of nitrogens with one attached hydrogen (secondary N) is 2. The Morgan fingerprint density at radius 2 is 2.21 bits per heavy atom. The number of nitrogens with zero attached hydrogens (tertiary/aromatic N) is 2. The van der Waals surface area contributed by atoms with E-state index in [1.807, 2.05) is 31.2 Å². The average molecular weight is 273 g/mol. The summed E-state index contributed by atoms with van der Waals surface area (Å²) in [5, 5.41) is 11.9. The first-order chi connectivity index (χ1) is 9.25. The van der Waals surface area contributed by atoms with E-state index in [1.165, 1.54) is 0 Å². The van der Waals surface area contributed by atoms with E-state index in [2.05, 4.69) is 20.5 Å². The molecule has 0 aliphatic carbocycles. The Kier molecular flexibility index (Phi) is 3.09. The van der Waals surface area contributed by atoms with Crippen molar-refractivity contribution in [1.82, 2.24) is 15.2 Å². The summed E-state index contributed by atoms with van der Waals surface area (Å²) >= 11 is 6.33. The topological polar surface area (TPSA) is 53.6 Å². The van der Waals surface area contributed by atoms with Crippen LogP contribution in [0, 0.1) is 6.92 Å². The van der Waals surface area contributed by atoms with Gasteiger partial charge in [0.05, 0.1) is 28.5 Å². The molecule has 0 amide bonds. The first-order valence-electron chi connectivity index (χ1n) is 6.01. The molecule has 0 radical (unpaired) electrons. The summed E-state index contributed by atoms with van der Waals surface area (Å²) in [6.45, 7) is 2.66. The van der Waals surface area contributed by atoms with Crippen molar-refractivity contribution < 1.29 is 0 Å². The maximum absolute atomic E-state index is 6.33. The van der Waals surface area contributed by atoms with Gasteiger partial charge < -0.3 is 5.32 Å². The number of H-pyrrole nitrogens is 1. The van der Waals surface area contributed by atoms with Gasteiger partial charge in [-0.1, -0.05) is 11.6 Å². The average Bonchev–Trinajstić information content (AvgIpc) is 2.92. The van der Waals surface area contributed by atoms with Crippen LogP contribution in [-0.4, -0.2) is 15.2 Å². The van der Waals surface area contributed by atoms with Gasteiger partial charge in [-0.25, -0.2) is 0 Å². The monoisotopic (exact) mass is 272 g/mol. The van der Waals surface area contributed by atoms with Crippen LogP contribution in [0.4, 0.5) is 5.69 Å². The molecule has 4 nitrogen and oxygen atoms in total. The highest BCUT2D eigenvalue weighted by atomic mass is 35.5. The molecule has 2 heterocycles. The second kappa shape index (κ2) is 4.90. The van der Waals surface area contributed by atoms with Crippen LogP contribution in [0.2, 0.25) is 5.02 Å². The van der Waals surface area contributed by atoms with Crippen LogP contribution >= 0.6 is 11.6 Å². The van der Waals surface area contributed by atoms with Crippen molar-refractivity contribution in [2.45, 2.75) is 13.5 Å². The maximum Gasteiger partial charge on any atom is 0.0752 e. The third kappa shape index (κ3) is 2.27. The minimum atomic E-state index is 0.646. The molecule has 5 heteroatoms. The third-order valence-electron chi connectivity index (χ3n) is 3.05. The van der Waals surface area contributed by atoms with Crippen molar-refractivity contribution in [2.24, 2.45) is 0 Å². The van der Waals surface area contributed by atoms with Crippen molar-refractivity contribution in [3.8, 4) is 0 Å². The first kappa shape index (κ1) is 12.0. The molecular weight excluding hydrogens is 260 g/mol. The van der Waals surface area contributed by atoms with Gasteiger partial charge >= 0.3 is 0 Å². The Morgan fingerprint density at radius 3 is 3.00 bits per heavy atom. The Bertz CT molecular complexity index is 707. The fourth-order valence-electron chi connectivity index (χ4n) is 2.13. The number of hydrogen-bond acceptors (Lipinski definition) is 3. The highest BCUT2D eigenvalue weighted by Crippen LogP contribution is 2.32. The quantitative estimate of drug-likeness (QED) is 0.767. The lowest BCUT2D eigenvalue weighted by molar-refractivity contribution is 0.982. The molecule has 0 aliphatic rings. The van der Waals surface area contributed by atoms with E-state index in [9.17, 15) is 0 Å². The number of pyridine rings is 1. The number of anilines is 1. The Balaban J connectivity index is 2.02. The highest BCUT2D eigenvalue weighted by Gasteiger charge is 2.09. The van der Waals surface area contributed by atoms with Crippen molar-refractivity contribution in [1.29, 1.82) is 0 Å². The van der Waals surface area contributed by atoms with E-state index in [1.54, 1.807) is 12.4 Å². The molecule has 0 bridgehead atoms. The molecule has 3 rings (SSSR count). The number of rotatable bonds is 3. The summed E-state index contributed by atoms with van der Waals surface area (Å²) in [4.78, 5) is 4.41. The summed E-state index contributed by atoms with van der Waals surface area (Å²) in [5.74, 6) is 0. The minimum absolute atomic E-state index is 0.646. The van der Waals surface area contributed by atoms with Crippen LogP contribution in [0.15, 0.2) is 36.7 Å². The molecule has 0 atom stereocenters. The molecule has 0 aliphatic heterocycles. The SMILES string of the molecule is Cc1cc(Cl)c(NCc2ccn[nH]2)c2cccnc12. The smallest absolute Gasteiger partial charge is 0.0752 e. The first-order valence-corrected chi connectivity index (χ1v) is 6.39. The van der Waals surface area contributed by atoms with E-state index in [-0.39, 0.29) is 0 Å². The van der Waals surface area contributed by atoms with Gasteiger partial charge in [0.1, 0.15) is 0 Å². The van der Waals surface area contributed by atoms with E-state index >= 15 is 0 Å². The lowest BCUT2D eigenvalue weighted by Gasteiger charge is -2.12. The summed E-state index contributed by atoms with van der Waals surface area (Å²) in [7, 11) is 0. The standard InChI is InChI=1S/C14H13ClN4/c1-9-7-12(15)14(11-3-2-5-16-13(9)11)17-8-10-4-6-18-19-10/h2-7,17H,8H2,1H3,(H,18,19). The number of fused-ring (bicyclic) bond motifs is 1. The molecular formula is C14H13ClN4. The molecule has 2 aromatic heterocycles. The van der Waals surface area contributed by atoms with Crippen LogP contribution in [0.3, 0.4) is 0 Å². The molecule has 3 aromatic rings. The van der Waals surface area contributed by atoms with Crippen molar-refractivity contribution >= 4 is 28.2 Å². The zero-order chi connectivity index (χ0) is 13.2. The molecule has 0 unspecified atom stereocenters. The molecule has 0 saturated heterocycles. The summed E-state index contributed by atoms with van der Waals surface area (Å²) in [6.07, 6.45) is 3.52. The van der Waals surface area contributed by atoms with E-state index in [0.717, 1.165) is 27.8 Å². The largest absolute Gasteiger partial charge is 0.378 e. The third-order valence-corrected chi connectivity index (χ3v) is 3.34. The molecule has 0 saturated carbocycles. The zero-order valence-electron chi connectivity index (χ0n) is 10.4. The van der Waals surface area contributed by atoms with Crippen LogP contribution in [0.5, 0.6) is 0 Å². The molecule has 96 valence electrons. The summed E-state index contributed by atoms with van der Waals surface area (Å²) in [6, 6.07) is 7.80. The van der Waals surface area contributed by atoms with Gasteiger partial charge in [0.25, 0.3) is 0 Å². The summed E-state index contributed by atoms with van der Waals surface area (Å²) in [5.41, 5.74) is 3.96. The number of aromatic amines is 1. The second-order valence-electron chi connectivity index (χ2n) is 4.39. The Hall–Kier alpha value is -2.07. The number of aromatic nitrogens is 3. The molecule has 0 spiro atoms. The number of benzene rings is 1. The summed E-state index contributed by atoms with van der Waals surface area (Å²) < 4.78 is 0. The molecule has 1 aromatic carbocycles. The van der Waals surface area contributed by atoms with Gasteiger partial charge in [0.2, 0.25) is 0 Å². The van der Waals surface area contributed by atoms with Gasteiger partial charge in [-0.05, 0) is 36.8 Å². The predicted octanol–water partition coefficient (Wildman–Crippen LogP) is 3.53. The lowest BCUT2D eigenvalue weighted by Crippen LogP contribution is -2.02. The van der Waals surface area contributed by atoms with E-state index in [0.29, 0.717) is 11.6 Å². The van der Waals surface area contributed by atoms with Crippen LogP contribution in [0.25, 0.3) is 10.9 Å². The van der Waals surface area contributed by atoms with Gasteiger partial charge in [-0.3, -0.25) is 10.1 Å². The lowest BCUT2D eigenvalue weighted by atomic mass is 10.1. The second-order valence-corrected chi connectivity index (χ2v) is 4.79. The number of aryl methyl sites for hydroxylation is 1. The predicted molar refractivity (Wildman–Crippen MR) is 77.4 cm³/mol. The minimum Gasteiger partial charge on any atom is -0.378 e.